The smallest absolute Gasteiger partial charge is 0.399 e. The van der Waals surface area contributed by atoms with Crippen molar-refractivity contribution in [1.29, 1.82) is 0 Å². The molecule has 0 aliphatic heterocycles. The van der Waals surface area contributed by atoms with Crippen molar-refractivity contribution in [2.45, 2.75) is 18.9 Å². The van der Waals surface area contributed by atoms with Crippen LogP contribution in [0.25, 0.3) is 0 Å². The molecule has 0 radical (unpaired) electrons. The molecule has 0 aliphatic carbocycles. The number of halogens is 3. The minimum Gasteiger partial charge on any atom is -0.399 e. The third-order valence-electron chi connectivity index (χ3n) is 2.38. The van der Waals surface area contributed by atoms with E-state index in [1.54, 1.807) is 12.1 Å². The molecule has 0 unspecified atom stereocenters. The van der Waals surface area contributed by atoms with E-state index in [1.165, 1.54) is 0 Å². The molecule has 6 heteroatoms. The monoisotopic (exact) mass is 278 g/mol. The van der Waals surface area contributed by atoms with Crippen LogP contribution in [0.15, 0.2) is 24.3 Å². The largest absolute Gasteiger partial charge is 0.441 e. The quantitative estimate of drug-likeness (QED) is 0.804. The SMILES string of the molecule is CCCN(CCSC(F)(F)F)c1ccc(N)cc1. The molecule has 102 valence electrons. The van der Waals surface area contributed by atoms with Crippen molar-refractivity contribution < 1.29 is 13.2 Å². The summed E-state index contributed by atoms with van der Waals surface area (Å²) in [4.78, 5) is 1.94. The van der Waals surface area contributed by atoms with Crippen molar-refractivity contribution in [3.8, 4) is 0 Å². The Labute approximate surface area is 109 Å². The van der Waals surface area contributed by atoms with Crippen LogP contribution < -0.4 is 10.6 Å². The Kier molecular flexibility index (Phi) is 5.65. The van der Waals surface area contributed by atoms with Gasteiger partial charge in [0, 0.05) is 30.2 Å². The third kappa shape index (κ3) is 5.53. The van der Waals surface area contributed by atoms with Gasteiger partial charge in [0.05, 0.1) is 0 Å². The van der Waals surface area contributed by atoms with Crippen LogP contribution in [0.5, 0.6) is 0 Å². The number of nitrogens with zero attached hydrogens (tertiary/aromatic N) is 1. The van der Waals surface area contributed by atoms with Crippen LogP contribution in [-0.2, 0) is 0 Å². The van der Waals surface area contributed by atoms with Gasteiger partial charge in [-0.2, -0.15) is 13.2 Å². The van der Waals surface area contributed by atoms with E-state index in [2.05, 4.69) is 0 Å². The third-order valence-corrected chi connectivity index (χ3v) is 3.09. The van der Waals surface area contributed by atoms with Gasteiger partial charge in [0.15, 0.2) is 0 Å². The van der Waals surface area contributed by atoms with E-state index in [0.29, 0.717) is 12.2 Å². The molecule has 1 aromatic carbocycles. The summed E-state index contributed by atoms with van der Waals surface area (Å²) < 4.78 is 36.2. The lowest BCUT2D eigenvalue weighted by molar-refractivity contribution is -0.0327. The molecule has 1 aromatic rings. The Hall–Kier alpha value is -1.04. The van der Waals surface area contributed by atoms with Gasteiger partial charge in [-0.1, -0.05) is 6.92 Å². The Balaban J connectivity index is 2.57. The summed E-state index contributed by atoms with van der Waals surface area (Å²) in [5.41, 5.74) is 3.00. The molecule has 0 spiro atoms. The molecule has 0 bridgehead atoms. The fourth-order valence-corrected chi connectivity index (χ4v) is 2.14. The van der Waals surface area contributed by atoms with Crippen LogP contribution in [0.1, 0.15) is 13.3 Å². The van der Waals surface area contributed by atoms with Gasteiger partial charge in [-0.15, -0.1) is 0 Å². The van der Waals surface area contributed by atoms with Crippen molar-refractivity contribution in [3.05, 3.63) is 24.3 Å². The average molecular weight is 278 g/mol. The second-order valence-corrected chi connectivity index (χ2v) is 5.03. The Bertz CT molecular complexity index is 351. The van der Waals surface area contributed by atoms with Crippen molar-refractivity contribution in [3.63, 3.8) is 0 Å². The molecule has 0 fully saturated rings. The number of nitrogens with two attached hydrogens (primary N) is 1. The minimum absolute atomic E-state index is 0.0192. The lowest BCUT2D eigenvalue weighted by Gasteiger charge is -2.24. The number of nitrogen functional groups attached to an aromatic ring is 1. The fourth-order valence-electron chi connectivity index (χ4n) is 1.60. The first-order valence-corrected chi connectivity index (χ1v) is 6.72. The summed E-state index contributed by atoms with van der Waals surface area (Å²) in [6.07, 6.45) is 0.890. The zero-order chi connectivity index (χ0) is 13.6. The van der Waals surface area contributed by atoms with Crippen molar-refractivity contribution in [2.75, 3.05) is 29.5 Å². The van der Waals surface area contributed by atoms with E-state index in [9.17, 15) is 13.2 Å². The normalized spacial score (nSPS) is 11.6. The van der Waals surface area contributed by atoms with Crippen LogP contribution in [0.2, 0.25) is 0 Å². The van der Waals surface area contributed by atoms with Crippen molar-refractivity contribution in [1.82, 2.24) is 0 Å². The van der Waals surface area contributed by atoms with Crippen LogP contribution in [0.3, 0.4) is 0 Å². The Morgan fingerprint density at radius 1 is 1.17 bits per heavy atom. The lowest BCUT2D eigenvalue weighted by atomic mass is 10.2. The van der Waals surface area contributed by atoms with Gasteiger partial charge in [0.1, 0.15) is 0 Å². The molecule has 0 atom stereocenters. The predicted molar refractivity (Wildman–Crippen MR) is 71.9 cm³/mol. The number of hydrogen-bond donors (Lipinski definition) is 1. The summed E-state index contributed by atoms with van der Waals surface area (Å²) in [7, 11) is 0. The molecule has 0 amide bonds. The topological polar surface area (TPSA) is 29.3 Å². The van der Waals surface area contributed by atoms with Gasteiger partial charge in [0.2, 0.25) is 0 Å². The van der Waals surface area contributed by atoms with E-state index in [-0.39, 0.29) is 17.5 Å². The van der Waals surface area contributed by atoms with Gasteiger partial charge >= 0.3 is 5.51 Å². The predicted octanol–water partition coefficient (Wildman–Crippen LogP) is 3.74. The van der Waals surface area contributed by atoms with E-state index >= 15 is 0 Å². The Morgan fingerprint density at radius 3 is 2.28 bits per heavy atom. The molecule has 2 N–H and O–H groups in total. The maximum atomic E-state index is 12.1. The number of alkyl halides is 3. The van der Waals surface area contributed by atoms with Crippen molar-refractivity contribution >= 4 is 23.1 Å². The van der Waals surface area contributed by atoms with E-state index in [1.807, 2.05) is 24.0 Å². The zero-order valence-corrected chi connectivity index (χ0v) is 11.0. The highest BCUT2D eigenvalue weighted by Gasteiger charge is 2.27. The highest BCUT2D eigenvalue weighted by Crippen LogP contribution is 2.30. The maximum Gasteiger partial charge on any atom is 0.441 e. The summed E-state index contributed by atoms with van der Waals surface area (Å²) in [5, 5.41) is 0. The van der Waals surface area contributed by atoms with Crippen LogP contribution in [-0.4, -0.2) is 24.4 Å². The summed E-state index contributed by atoms with van der Waals surface area (Å²) in [5.74, 6) is 0.0356. The summed E-state index contributed by atoms with van der Waals surface area (Å²) in [6.45, 7) is 3.12. The minimum atomic E-state index is -4.15. The van der Waals surface area contributed by atoms with Gasteiger partial charge in [-0.25, -0.2) is 0 Å². The fraction of sp³-hybridized carbons (Fsp3) is 0.500. The molecule has 0 aliphatic rings. The molecule has 18 heavy (non-hydrogen) atoms. The van der Waals surface area contributed by atoms with Gasteiger partial charge in [-0.3, -0.25) is 0 Å². The molecule has 0 heterocycles. The molecule has 1 rings (SSSR count). The standard InChI is InChI=1S/C12H17F3N2S/c1-2-7-17(8-9-18-12(13,14)15)11-5-3-10(16)4-6-11/h3-6H,2,7-9,16H2,1H3. The average Bonchev–Trinajstić information content (AvgIpc) is 2.27. The lowest BCUT2D eigenvalue weighted by Crippen LogP contribution is -2.27. The van der Waals surface area contributed by atoms with Gasteiger partial charge in [-0.05, 0) is 42.4 Å². The number of hydrogen-bond acceptors (Lipinski definition) is 3. The summed E-state index contributed by atoms with van der Waals surface area (Å²) in [6, 6.07) is 7.19. The van der Waals surface area contributed by atoms with Crippen LogP contribution in [0.4, 0.5) is 24.5 Å². The second kappa shape index (κ2) is 6.78. The second-order valence-electron chi connectivity index (χ2n) is 3.87. The molecular formula is C12H17F3N2S. The first-order chi connectivity index (χ1) is 8.42. The van der Waals surface area contributed by atoms with E-state index < -0.39 is 5.51 Å². The Morgan fingerprint density at radius 2 is 1.78 bits per heavy atom. The molecule has 0 saturated heterocycles. The highest BCUT2D eigenvalue weighted by molar-refractivity contribution is 8.00. The van der Waals surface area contributed by atoms with Gasteiger partial charge in [0.25, 0.3) is 0 Å². The van der Waals surface area contributed by atoms with Crippen LogP contribution >= 0.6 is 11.8 Å². The van der Waals surface area contributed by atoms with Gasteiger partial charge < -0.3 is 10.6 Å². The van der Waals surface area contributed by atoms with E-state index in [0.717, 1.165) is 18.7 Å². The summed E-state index contributed by atoms with van der Waals surface area (Å²) >= 11 is 0.0192. The van der Waals surface area contributed by atoms with Crippen molar-refractivity contribution in [2.24, 2.45) is 0 Å². The molecular weight excluding hydrogens is 261 g/mol. The molecule has 0 saturated carbocycles. The highest BCUT2D eigenvalue weighted by atomic mass is 32.2. The first kappa shape index (κ1) is 15.0. The number of anilines is 2. The number of benzene rings is 1. The zero-order valence-electron chi connectivity index (χ0n) is 10.2. The van der Waals surface area contributed by atoms with E-state index in [4.69, 9.17) is 5.73 Å². The number of rotatable bonds is 6. The van der Waals surface area contributed by atoms with Crippen LogP contribution in [0, 0.1) is 0 Å². The maximum absolute atomic E-state index is 12.1. The molecule has 2 nitrogen and oxygen atoms in total. The first-order valence-electron chi connectivity index (χ1n) is 5.73. The number of thioether (sulfide) groups is 1. The molecule has 0 aromatic heterocycles.